The highest BCUT2D eigenvalue weighted by molar-refractivity contribution is 5.10. The molecule has 2 N–H and O–H groups in total. The van der Waals surface area contributed by atoms with Crippen LogP contribution in [0.25, 0.3) is 0 Å². The molecule has 1 nitrogen and oxygen atoms in total. The summed E-state index contributed by atoms with van der Waals surface area (Å²) in [7, 11) is 0. The summed E-state index contributed by atoms with van der Waals surface area (Å²) in [6, 6.07) is 0. The van der Waals surface area contributed by atoms with E-state index in [1.807, 2.05) is 0 Å². The minimum Gasteiger partial charge on any atom is -0.330 e. The maximum absolute atomic E-state index is 5.90. The summed E-state index contributed by atoms with van der Waals surface area (Å²) in [6.07, 6.45) is 7.78. The van der Waals surface area contributed by atoms with Crippen LogP contribution >= 0.6 is 0 Å². The molecule has 4 bridgehead atoms. The van der Waals surface area contributed by atoms with Crippen molar-refractivity contribution in [1.82, 2.24) is 0 Å². The lowest BCUT2D eigenvalue weighted by Crippen LogP contribution is -2.35. The molecule has 0 heterocycles. The maximum Gasteiger partial charge on any atom is -0.00460 e. The number of rotatable bonds is 1. The molecule has 7 atom stereocenters. The van der Waals surface area contributed by atoms with Crippen molar-refractivity contribution in [3.8, 4) is 0 Å². The molecule has 78 valence electrons. The number of nitrogens with two attached hydrogens (primary N) is 1. The lowest BCUT2D eigenvalue weighted by molar-refractivity contribution is 0.108. The van der Waals surface area contributed by atoms with Crippen molar-refractivity contribution in [2.24, 2.45) is 47.2 Å². The fraction of sp³-hybridized carbons (Fsp3) is 1.00. The molecular formula is C13H21N. The van der Waals surface area contributed by atoms with Gasteiger partial charge in [0, 0.05) is 0 Å². The first kappa shape index (κ1) is 8.15. The first-order valence-electron chi connectivity index (χ1n) is 6.58. The van der Waals surface area contributed by atoms with E-state index in [2.05, 4.69) is 0 Å². The Morgan fingerprint density at radius 1 is 0.857 bits per heavy atom. The van der Waals surface area contributed by atoms with Crippen LogP contribution in [0, 0.1) is 41.4 Å². The van der Waals surface area contributed by atoms with Gasteiger partial charge in [-0.25, -0.2) is 0 Å². The van der Waals surface area contributed by atoms with Crippen molar-refractivity contribution in [1.29, 1.82) is 0 Å². The van der Waals surface area contributed by atoms with E-state index < -0.39 is 0 Å². The monoisotopic (exact) mass is 191 g/mol. The summed E-state index contributed by atoms with van der Waals surface area (Å²) >= 11 is 0. The van der Waals surface area contributed by atoms with Gasteiger partial charge in [-0.15, -0.1) is 0 Å². The van der Waals surface area contributed by atoms with Gasteiger partial charge in [0.1, 0.15) is 0 Å². The van der Waals surface area contributed by atoms with Crippen LogP contribution in [-0.4, -0.2) is 6.54 Å². The molecular weight excluding hydrogens is 170 g/mol. The molecule has 4 aliphatic rings. The normalized spacial score (nSPS) is 63.6. The second kappa shape index (κ2) is 2.55. The molecule has 0 spiro atoms. The quantitative estimate of drug-likeness (QED) is 0.632. The van der Waals surface area contributed by atoms with Gasteiger partial charge in [-0.3, -0.25) is 0 Å². The zero-order valence-corrected chi connectivity index (χ0v) is 8.86. The Hall–Kier alpha value is -0.0400. The molecule has 4 fully saturated rings. The van der Waals surface area contributed by atoms with Crippen LogP contribution in [0.3, 0.4) is 0 Å². The van der Waals surface area contributed by atoms with Gasteiger partial charge in [0.25, 0.3) is 0 Å². The van der Waals surface area contributed by atoms with E-state index in [0.717, 1.165) is 42.1 Å². The van der Waals surface area contributed by atoms with Gasteiger partial charge in [-0.1, -0.05) is 0 Å². The lowest BCUT2D eigenvalue weighted by Gasteiger charge is -2.38. The summed E-state index contributed by atoms with van der Waals surface area (Å²) < 4.78 is 0. The molecule has 1 heteroatoms. The predicted octanol–water partition coefficient (Wildman–Crippen LogP) is 2.26. The molecule has 0 amide bonds. The molecule has 4 aliphatic carbocycles. The van der Waals surface area contributed by atoms with Crippen LogP contribution in [0.15, 0.2) is 0 Å². The van der Waals surface area contributed by atoms with Crippen LogP contribution < -0.4 is 5.73 Å². The van der Waals surface area contributed by atoms with Crippen molar-refractivity contribution in [2.45, 2.75) is 32.1 Å². The first-order valence-corrected chi connectivity index (χ1v) is 6.58. The van der Waals surface area contributed by atoms with E-state index in [-0.39, 0.29) is 0 Å². The standard InChI is InChI=1S/C13H21N/c14-6-10-4-9-5-11(10)13-8-2-1-7(3-8)12(9)13/h7-13H,1-6,14H2. The van der Waals surface area contributed by atoms with Crippen LogP contribution in [0.1, 0.15) is 32.1 Å². The second-order valence-corrected chi connectivity index (χ2v) is 6.38. The van der Waals surface area contributed by atoms with Crippen LogP contribution in [0.4, 0.5) is 0 Å². The van der Waals surface area contributed by atoms with Crippen LogP contribution in [0.2, 0.25) is 0 Å². The first-order chi connectivity index (χ1) is 6.88. The Bertz CT molecular complexity index is 262. The highest BCUT2D eigenvalue weighted by Crippen LogP contribution is 2.68. The molecule has 4 saturated carbocycles. The Morgan fingerprint density at radius 3 is 2.43 bits per heavy atom. The third kappa shape index (κ3) is 0.778. The van der Waals surface area contributed by atoms with Crippen molar-refractivity contribution < 1.29 is 0 Å². The molecule has 7 unspecified atom stereocenters. The number of fused-ring (bicyclic) bond motifs is 9. The topological polar surface area (TPSA) is 26.0 Å². The number of hydrogen-bond acceptors (Lipinski definition) is 1. The van der Waals surface area contributed by atoms with Gasteiger partial charge in [-0.2, -0.15) is 0 Å². The SMILES string of the molecule is NCC1CC2CC1C1C3CCC(C3)C21. The molecule has 0 radical (unpaired) electrons. The van der Waals surface area contributed by atoms with E-state index in [4.69, 9.17) is 5.73 Å². The average Bonchev–Trinajstić information content (AvgIpc) is 2.94. The highest BCUT2D eigenvalue weighted by atomic mass is 14.7. The lowest BCUT2D eigenvalue weighted by atomic mass is 9.67. The van der Waals surface area contributed by atoms with Crippen molar-refractivity contribution in [3.63, 3.8) is 0 Å². The summed E-state index contributed by atoms with van der Waals surface area (Å²) in [6.45, 7) is 0.974. The van der Waals surface area contributed by atoms with Gasteiger partial charge in [0.15, 0.2) is 0 Å². The van der Waals surface area contributed by atoms with Gasteiger partial charge < -0.3 is 5.73 Å². The molecule has 0 saturated heterocycles. The molecule has 4 rings (SSSR count). The molecule has 0 aromatic carbocycles. The highest BCUT2D eigenvalue weighted by Gasteiger charge is 2.61. The summed E-state index contributed by atoms with van der Waals surface area (Å²) in [5, 5.41) is 0. The minimum absolute atomic E-state index is 0.917. The largest absolute Gasteiger partial charge is 0.330 e. The molecule has 0 aliphatic heterocycles. The zero-order valence-electron chi connectivity index (χ0n) is 8.86. The van der Waals surface area contributed by atoms with E-state index in [9.17, 15) is 0 Å². The Morgan fingerprint density at radius 2 is 1.64 bits per heavy atom. The van der Waals surface area contributed by atoms with Crippen molar-refractivity contribution in [3.05, 3.63) is 0 Å². The van der Waals surface area contributed by atoms with E-state index >= 15 is 0 Å². The maximum atomic E-state index is 5.90. The van der Waals surface area contributed by atoms with Crippen LogP contribution in [0.5, 0.6) is 0 Å². The summed E-state index contributed by atoms with van der Waals surface area (Å²) in [4.78, 5) is 0. The Balaban J connectivity index is 1.68. The Labute approximate surface area is 86.4 Å². The average molecular weight is 191 g/mol. The van der Waals surface area contributed by atoms with Gasteiger partial charge in [0.05, 0.1) is 0 Å². The molecule has 14 heavy (non-hydrogen) atoms. The van der Waals surface area contributed by atoms with Crippen molar-refractivity contribution in [2.75, 3.05) is 6.54 Å². The number of hydrogen-bond donors (Lipinski definition) is 1. The Kier molecular flexibility index (Phi) is 1.49. The third-order valence-electron chi connectivity index (χ3n) is 6.17. The van der Waals surface area contributed by atoms with E-state index in [0.29, 0.717) is 0 Å². The summed E-state index contributed by atoms with van der Waals surface area (Å²) in [5.74, 6) is 7.68. The van der Waals surface area contributed by atoms with Crippen LogP contribution in [-0.2, 0) is 0 Å². The smallest absolute Gasteiger partial charge is 0.00460 e. The van der Waals surface area contributed by atoms with Gasteiger partial charge >= 0.3 is 0 Å². The van der Waals surface area contributed by atoms with E-state index in [1.54, 1.807) is 25.7 Å². The second-order valence-electron chi connectivity index (χ2n) is 6.38. The summed E-state index contributed by atoms with van der Waals surface area (Å²) in [5.41, 5.74) is 5.90. The predicted molar refractivity (Wildman–Crippen MR) is 56.6 cm³/mol. The third-order valence-corrected chi connectivity index (χ3v) is 6.17. The zero-order chi connectivity index (χ0) is 9.28. The molecule has 0 aromatic heterocycles. The minimum atomic E-state index is 0.917. The fourth-order valence-electron chi connectivity index (χ4n) is 5.97. The van der Waals surface area contributed by atoms with Gasteiger partial charge in [0.2, 0.25) is 0 Å². The van der Waals surface area contributed by atoms with Gasteiger partial charge in [-0.05, 0) is 80.1 Å². The van der Waals surface area contributed by atoms with E-state index in [1.165, 1.54) is 12.3 Å². The molecule has 0 aromatic rings. The van der Waals surface area contributed by atoms with Crippen molar-refractivity contribution >= 4 is 0 Å². The fourth-order valence-corrected chi connectivity index (χ4v) is 5.97.